The van der Waals surface area contributed by atoms with Crippen molar-refractivity contribution in [2.45, 2.75) is 20.3 Å². The quantitative estimate of drug-likeness (QED) is 0.887. The maximum absolute atomic E-state index is 12.1. The van der Waals surface area contributed by atoms with Crippen LogP contribution in [0.3, 0.4) is 0 Å². The summed E-state index contributed by atoms with van der Waals surface area (Å²) in [6.45, 7) is 3.28. The van der Waals surface area contributed by atoms with Gasteiger partial charge in [0.25, 0.3) is 0 Å². The molecule has 2 rings (SSSR count). The van der Waals surface area contributed by atoms with Crippen molar-refractivity contribution in [1.29, 1.82) is 0 Å². The van der Waals surface area contributed by atoms with Gasteiger partial charge in [-0.05, 0) is 19.1 Å². The molecule has 0 radical (unpaired) electrons. The van der Waals surface area contributed by atoms with Crippen LogP contribution >= 0.6 is 23.2 Å². The SMILES string of the molecule is CC(=O)N(CCC(=O)Nc1c(Cl)cccc1Cl)c1cc(C)on1. The first-order chi connectivity index (χ1) is 10.9. The third kappa shape index (κ3) is 4.46. The normalized spacial score (nSPS) is 10.4. The van der Waals surface area contributed by atoms with E-state index >= 15 is 0 Å². The fourth-order valence-electron chi connectivity index (χ4n) is 1.95. The fraction of sp³-hybridized carbons (Fsp3) is 0.267. The van der Waals surface area contributed by atoms with Crippen molar-refractivity contribution in [2.24, 2.45) is 0 Å². The Morgan fingerprint density at radius 2 is 1.96 bits per heavy atom. The standard InChI is InChI=1S/C15H15Cl2N3O3/c1-9-8-13(19-23-9)20(10(2)21)7-6-14(22)18-15-11(16)4-3-5-12(15)17/h3-5,8H,6-7H2,1-2H3,(H,18,22). The minimum Gasteiger partial charge on any atom is -0.360 e. The summed E-state index contributed by atoms with van der Waals surface area (Å²) >= 11 is 12.0. The van der Waals surface area contributed by atoms with Crippen molar-refractivity contribution in [1.82, 2.24) is 5.16 Å². The largest absolute Gasteiger partial charge is 0.360 e. The average molecular weight is 356 g/mol. The van der Waals surface area contributed by atoms with Crippen LogP contribution in [0.4, 0.5) is 11.5 Å². The van der Waals surface area contributed by atoms with Gasteiger partial charge >= 0.3 is 0 Å². The Morgan fingerprint density at radius 1 is 1.30 bits per heavy atom. The number of aromatic nitrogens is 1. The number of nitrogens with one attached hydrogen (secondary N) is 1. The van der Waals surface area contributed by atoms with Gasteiger partial charge in [-0.15, -0.1) is 0 Å². The molecule has 2 aromatic rings. The highest BCUT2D eigenvalue weighted by Crippen LogP contribution is 2.29. The molecule has 23 heavy (non-hydrogen) atoms. The highest BCUT2D eigenvalue weighted by molar-refractivity contribution is 6.39. The molecule has 0 spiro atoms. The van der Waals surface area contributed by atoms with Gasteiger partial charge in [-0.1, -0.05) is 34.4 Å². The van der Waals surface area contributed by atoms with Crippen LogP contribution in [0.15, 0.2) is 28.8 Å². The summed E-state index contributed by atoms with van der Waals surface area (Å²) < 4.78 is 4.95. The lowest BCUT2D eigenvalue weighted by Gasteiger charge is -2.17. The lowest BCUT2D eigenvalue weighted by atomic mass is 10.3. The van der Waals surface area contributed by atoms with Gasteiger partial charge in [0.05, 0.1) is 15.7 Å². The van der Waals surface area contributed by atoms with E-state index in [1.165, 1.54) is 11.8 Å². The summed E-state index contributed by atoms with van der Waals surface area (Å²) in [7, 11) is 0. The molecule has 0 bridgehead atoms. The maximum Gasteiger partial charge on any atom is 0.226 e. The number of rotatable bonds is 5. The lowest BCUT2D eigenvalue weighted by Crippen LogP contribution is -2.32. The van der Waals surface area contributed by atoms with E-state index in [1.54, 1.807) is 31.2 Å². The number of amides is 2. The van der Waals surface area contributed by atoms with E-state index in [-0.39, 0.29) is 24.8 Å². The molecule has 0 unspecified atom stereocenters. The van der Waals surface area contributed by atoms with E-state index < -0.39 is 0 Å². The van der Waals surface area contributed by atoms with Gasteiger partial charge in [0.2, 0.25) is 11.8 Å². The third-order valence-corrected chi connectivity index (χ3v) is 3.69. The summed E-state index contributed by atoms with van der Waals surface area (Å²) in [6, 6.07) is 6.57. The number of carbonyl (C=O) groups excluding carboxylic acids is 2. The molecule has 0 aliphatic rings. The van der Waals surface area contributed by atoms with Gasteiger partial charge in [0.15, 0.2) is 5.82 Å². The van der Waals surface area contributed by atoms with E-state index in [0.29, 0.717) is 27.3 Å². The van der Waals surface area contributed by atoms with E-state index in [9.17, 15) is 9.59 Å². The molecule has 0 saturated heterocycles. The molecular weight excluding hydrogens is 341 g/mol. The van der Waals surface area contributed by atoms with E-state index in [0.717, 1.165) is 0 Å². The Balaban J connectivity index is 2.01. The molecule has 1 heterocycles. The van der Waals surface area contributed by atoms with Gasteiger partial charge in [-0.2, -0.15) is 0 Å². The van der Waals surface area contributed by atoms with Crippen LogP contribution in [0.25, 0.3) is 0 Å². The second-order valence-electron chi connectivity index (χ2n) is 4.86. The monoisotopic (exact) mass is 355 g/mol. The Hall–Kier alpha value is -2.05. The summed E-state index contributed by atoms with van der Waals surface area (Å²) in [5.41, 5.74) is 0.354. The van der Waals surface area contributed by atoms with E-state index in [4.69, 9.17) is 27.7 Å². The van der Waals surface area contributed by atoms with Crippen molar-refractivity contribution < 1.29 is 14.1 Å². The molecule has 0 aliphatic carbocycles. The summed E-state index contributed by atoms with van der Waals surface area (Å²) in [4.78, 5) is 25.1. The van der Waals surface area contributed by atoms with Gasteiger partial charge in [0.1, 0.15) is 5.76 Å². The van der Waals surface area contributed by atoms with Crippen LogP contribution in [-0.4, -0.2) is 23.5 Å². The molecule has 0 atom stereocenters. The molecule has 6 nitrogen and oxygen atoms in total. The number of benzene rings is 1. The molecule has 1 aromatic carbocycles. The zero-order chi connectivity index (χ0) is 17.0. The first-order valence-corrected chi connectivity index (χ1v) is 7.59. The van der Waals surface area contributed by atoms with Gasteiger partial charge in [0, 0.05) is 26.0 Å². The number of halogens is 2. The number of anilines is 2. The molecular formula is C15H15Cl2N3O3. The fourth-order valence-corrected chi connectivity index (χ4v) is 2.44. The minimum absolute atomic E-state index is 0.0625. The zero-order valence-electron chi connectivity index (χ0n) is 12.6. The van der Waals surface area contributed by atoms with Crippen LogP contribution in [-0.2, 0) is 9.59 Å². The van der Waals surface area contributed by atoms with Crippen molar-refractivity contribution >= 4 is 46.5 Å². The predicted octanol–water partition coefficient (Wildman–Crippen LogP) is 3.67. The Kier molecular flexibility index (Phi) is 5.63. The maximum atomic E-state index is 12.1. The van der Waals surface area contributed by atoms with Crippen molar-refractivity contribution in [3.63, 3.8) is 0 Å². The van der Waals surface area contributed by atoms with Crippen molar-refractivity contribution in [3.8, 4) is 0 Å². The van der Waals surface area contributed by atoms with Crippen LogP contribution in [0, 0.1) is 6.92 Å². The number of carbonyl (C=O) groups is 2. The molecule has 8 heteroatoms. The Bertz CT molecular complexity index is 710. The minimum atomic E-state index is -0.313. The smallest absolute Gasteiger partial charge is 0.226 e. The highest BCUT2D eigenvalue weighted by Gasteiger charge is 2.17. The average Bonchev–Trinajstić information content (AvgIpc) is 2.89. The number of hydrogen-bond donors (Lipinski definition) is 1. The summed E-state index contributed by atoms with van der Waals surface area (Å²) in [5, 5.41) is 7.13. The molecule has 0 aliphatic heterocycles. The lowest BCUT2D eigenvalue weighted by molar-refractivity contribution is -0.117. The number of para-hydroxylation sites is 1. The van der Waals surface area contributed by atoms with Gasteiger partial charge < -0.3 is 9.84 Å². The first kappa shape index (κ1) is 17.3. The van der Waals surface area contributed by atoms with E-state index in [2.05, 4.69) is 10.5 Å². The van der Waals surface area contributed by atoms with Gasteiger partial charge in [-0.25, -0.2) is 0 Å². The summed E-state index contributed by atoms with van der Waals surface area (Å²) in [6.07, 6.45) is 0.0625. The molecule has 2 amide bonds. The second kappa shape index (κ2) is 7.48. The molecule has 122 valence electrons. The van der Waals surface area contributed by atoms with E-state index in [1.807, 2.05) is 0 Å². The topological polar surface area (TPSA) is 75.4 Å². The molecule has 0 fully saturated rings. The van der Waals surface area contributed by atoms with Crippen molar-refractivity contribution in [3.05, 3.63) is 40.1 Å². The second-order valence-corrected chi connectivity index (χ2v) is 5.68. The number of aryl methyl sites for hydroxylation is 1. The van der Waals surface area contributed by atoms with Crippen LogP contribution in [0.2, 0.25) is 10.0 Å². The number of hydrogen-bond acceptors (Lipinski definition) is 4. The van der Waals surface area contributed by atoms with Crippen LogP contribution < -0.4 is 10.2 Å². The Morgan fingerprint density at radius 3 is 2.48 bits per heavy atom. The molecule has 0 saturated carbocycles. The molecule has 1 aromatic heterocycles. The zero-order valence-corrected chi connectivity index (χ0v) is 14.1. The van der Waals surface area contributed by atoms with Gasteiger partial charge in [-0.3, -0.25) is 14.5 Å². The number of nitrogens with zero attached hydrogens (tertiary/aromatic N) is 2. The summed E-state index contributed by atoms with van der Waals surface area (Å²) in [5.74, 6) is 0.408. The van der Waals surface area contributed by atoms with Crippen LogP contribution in [0.1, 0.15) is 19.1 Å². The highest BCUT2D eigenvalue weighted by atomic mass is 35.5. The predicted molar refractivity (Wildman–Crippen MR) is 89.0 cm³/mol. The third-order valence-electron chi connectivity index (χ3n) is 3.06. The first-order valence-electron chi connectivity index (χ1n) is 6.83. The van der Waals surface area contributed by atoms with Crippen molar-refractivity contribution in [2.75, 3.05) is 16.8 Å². The van der Waals surface area contributed by atoms with Crippen LogP contribution in [0.5, 0.6) is 0 Å². The Labute approximate surface area is 143 Å². The molecule has 1 N–H and O–H groups in total.